The zero-order valence-corrected chi connectivity index (χ0v) is 10.5. The second-order valence-corrected chi connectivity index (χ2v) is 5.72. The van der Waals surface area contributed by atoms with E-state index in [1.807, 2.05) is 0 Å². The summed E-state index contributed by atoms with van der Waals surface area (Å²) in [6.45, 7) is 2.74. The lowest BCUT2D eigenvalue weighted by atomic mass is 9.87. The summed E-state index contributed by atoms with van der Waals surface area (Å²) in [5.74, 6) is 0.939. The van der Waals surface area contributed by atoms with Crippen LogP contribution in [0.2, 0.25) is 0 Å². The van der Waals surface area contributed by atoms with Crippen molar-refractivity contribution in [1.29, 1.82) is 0 Å². The first-order valence-electron chi connectivity index (χ1n) is 6.98. The van der Waals surface area contributed by atoms with Crippen molar-refractivity contribution in [2.75, 3.05) is 19.6 Å². The number of hydrogen-bond donors (Lipinski definition) is 1. The lowest BCUT2D eigenvalue weighted by Crippen LogP contribution is -2.56. The predicted molar refractivity (Wildman–Crippen MR) is 69.8 cm³/mol. The molecule has 1 saturated carbocycles. The summed E-state index contributed by atoms with van der Waals surface area (Å²) in [4.78, 5) is 14.8. The van der Waals surface area contributed by atoms with Gasteiger partial charge in [0.2, 0.25) is 0 Å². The molecule has 1 aromatic carbocycles. The lowest BCUT2D eigenvalue weighted by Gasteiger charge is -2.41. The van der Waals surface area contributed by atoms with E-state index in [-0.39, 0.29) is 5.91 Å². The number of hydrogen-bond acceptors (Lipinski definition) is 2. The molecule has 1 atom stereocenters. The molecule has 94 valence electrons. The maximum Gasteiger partial charge on any atom is 0.254 e. The number of nitrogens with zero attached hydrogens (tertiary/aromatic N) is 1. The first-order valence-corrected chi connectivity index (χ1v) is 6.98. The molecule has 1 amide bonds. The number of amides is 1. The van der Waals surface area contributed by atoms with Crippen LogP contribution in [-0.2, 0) is 6.42 Å². The third-order valence-electron chi connectivity index (χ3n) is 4.48. The fourth-order valence-electron chi connectivity index (χ4n) is 3.39. The average molecular weight is 242 g/mol. The Morgan fingerprint density at radius 2 is 2.17 bits per heavy atom. The molecule has 3 aliphatic rings. The Labute approximate surface area is 107 Å². The van der Waals surface area contributed by atoms with Crippen LogP contribution in [0.4, 0.5) is 0 Å². The molecule has 2 fully saturated rings. The summed E-state index contributed by atoms with van der Waals surface area (Å²) in [7, 11) is 0. The largest absolute Gasteiger partial charge is 0.333 e. The van der Waals surface area contributed by atoms with Crippen molar-refractivity contribution in [2.45, 2.75) is 31.2 Å². The molecule has 1 aromatic rings. The Hall–Kier alpha value is -1.35. The van der Waals surface area contributed by atoms with Crippen molar-refractivity contribution in [3.8, 4) is 0 Å². The molecule has 1 saturated heterocycles. The van der Waals surface area contributed by atoms with Crippen LogP contribution in [0.5, 0.6) is 0 Å². The van der Waals surface area contributed by atoms with Gasteiger partial charge in [-0.3, -0.25) is 4.79 Å². The standard InChI is InChI=1S/C15H18N2O/c18-15-14-11(2-1-3-13(14)10-4-5-10)8-12-9-16-6-7-17(12)15/h1-3,10,12,16H,4-9H2/t12-/m1/s1. The van der Waals surface area contributed by atoms with Gasteiger partial charge in [0.25, 0.3) is 5.91 Å². The van der Waals surface area contributed by atoms with E-state index in [1.54, 1.807) is 0 Å². The Morgan fingerprint density at radius 1 is 1.28 bits per heavy atom. The van der Waals surface area contributed by atoms with Gasteiger partial charge in [-0.25, -0.2) is 0 Å². The third-order valence-corrected chi connectivity index (χ3v) is 4.48. The van der Waals surface area contributed by atoms with Gasteiger partial charge < -0.3 is 10.2 Å². The highest BCUT2D eigenvalue weighted by Gasteiger charge is 2.37. The van der Waals surface area contributed by atoms with Gasteiger partial charge in [0.15, 0.2) is 0 Å². The number of nitrogens with one attached hydrogen (secondary N) is 1. The van der Waals surface area contributed by atoms with E-state index >= 15 is 0 Å². The molecule has 18 heavy (non-hydrogen) atoms. The molecule has 3 nitrogen and oxygen atoms in total. The number of piperazine rings is 1. The van der Waals surface area contributed by atoms with E-state index in [2.05, 4.69) is 28.4 Å². The average Bonchev–Trinajstić information content (AvgIpc) is 3.22. The lowest BCUT2D eigenvalue weighted by molar-refractivity contribution is 0.0605. The minimum absolute atomic E-state index is 0.283. The second-order valence-electron chi connectivity index (χ2n) is 5.72. The summed E-state index contributed by atoms with van der Waals surface area (Å²) in [6.07, 6.45) is 3.54. The van der Waals surface area contributed by atoms with E-state index in [9.17, 15) is 4.79 Å². The van der Waals surface area contributed by atoms with Crippen LogP contribution in [0, 0.1) is 0 Å². The number of rotatable bonds is 1. The Balaban J connectivity index is 1.80. The Kier molecular flexibility index (Phi) is 2.24. The maximum absolute atomic E-state index is 12.7. The van der Waals surface area contributed by atoms with Crippen molar-refractivity contribution < 1.29 is 4.79 Å². The molecule has 0 spiro atoms. The van der Waals surface area contributed by atoms with E-state index in [4.69, 9.17) is 0 Å². The molecule has 2 aliphatic heterocycles. The topological polar surface area (TPSA) is 32.3 Å². The highest BCUT2D eigenvalue weighted by Crippen LogP contribution is 2.43. The van der Waals surface area contributed by atoms with Gasteiger partial charge in [-0.05, 0) is 36.3 Å². The van der Waals surface area contributed by atoms with Crippen molar-refractivity contribution in [1.82, 2.24) is 10.2 Å². The van der Waals surface area contributed by atoms with Crippen molar-refractivity contribution in [3.05, 3.63) is 34.9 Å². The number of fused-ring (bicyclic) bond motifs is 2. The van der Waals surface area contributed by atoms with E-state index in [0.717, 1.165) is 31.6 Å². The molecule has 3 heteroatoms. The van der Waals surface area contributed by atoms with Gasteiger partial charge in [-0.2, -0.15) is 0 Å². The van der Waals surface area contributed by atoms with Gasteiger partial charge in [0.1, 0.15) is 0 Å². The first-order chi connectivity index (χ1) is 8.84. The van der Waals surface area contributed by atoms with Crippen LogP contribution in [0.25, 0.3) is 0 Å². The van der Waals surface area contributed by atoms with Gasteiger partial charge in [0, 0.05) is 31.2 Å². The second kappa shape index (κ2) is 3.82. The maximum atomic E-state index is 12.7. The van der Waals surface area contributed by atoms with Crippen molar-refractivity contribution in [3.63, 3.8) is 0 Å². The first kappa shape index (κ1) is 10.6. The molecule has 1 N–H and O–H groups in total. The number of carbonyl (C=O) groups is 1. The molecule has 0 bridgehead atoms. The fraction of sp³-hybridized carbons (Fsp3) is 0.533. The van der Waals surface area contributed by atoms with Crippen LogP contribution in [0.3, 0.4) is 0 Å². The molecular formula is C15H18N2O. The highest BCUT2D eigenvalue weighted by molar-refractivity contribution is 5.99. The number of carbonyl (C=O) groups excluding carboxylic acids is 1. The quantitative estimate of drug-likeness (QED) is 0.810. The zero-order valence-electron chi connectivity index (χ0n) is 10.5. The molecular weight excluding hydrogens is 224 g/mol. The van der Waals surface area contributed by atoms with Crippen LogP contribution in [0.1, 0.15) is 40.2 Å². The van der Waals surface area contributed by atoms with Gasteiger partial charge in [-0.1, -0.05) is 18.2 Å². The molecule has 0 aromatic heterocycles. The molecule has 2 heterocycles. The predicted octanol–water partition coefficient (Wildman–Crippen LogP) is 1.53. The smallest absolute Gasteiger partial charge is 0.254 e. The SMILES string of the molecule is O=C1c2c(cccc2C2CC2)C[C@@H]2CNCCN12. The Bertz CT molecular complexity index is 507. The highest BCUT2D eigenvalue weighted by atomic mass is 16.2. The van der Waals surface area contributed by atoms with Crippen LogP contribution in [0.15, 0.2) is 18.2 Å². The molecule has 1 aliphatic carbocycles. The minimum Gasteiger partial charge on any atom is -0.333 e. The van der Waals surface area contributed by atoms with Crippen molar-refractivity contribution in [2.24, 2.45) is 0 Å². The molecule has 4 rings (SSSR count). The fourth-order valence-corrected chi connectivity index (χ4v) is 3.39. The summed E-state index contributed by atoms with van der Waals surface area (Å²) in [5, 5.41) is 3.39. The number of benzene rings is 1. The van der Waals surface area contributed by atoms with Gasteiger partial charge in [-0.15, -0.1) is 0 Å². The van der Waals surface area contributed by atoms with Crippen molar-refractivity contribution >= 4 is 5.91 Å². The monoisotopic (exact) mass is 242 g/mol. The van der Waals surface area contributed by atoms with E-state index in [0.29, 0.717) is 12.0 Å². The minimum atomic E-state index is 0.283. The molecule has 0 radical (unpaired) electrons. The summed E-state index contributed by atoms with van der Waals surface area (Å²) in [5.41, 5.74) is 3.63. The normalized spacial score (nSPS) is 26.8. The van der Waals surface area contributed by atoms with Crippen LogP contribution in [-0.4, -0.2) is 36.5 Å². The zero-order chi connectivity index (χ0) is 12.1. The summed E-state index contributed by atoms with van der Waals surface area (Å²) in [6, 6.07) is 6.81. The van der Waals surface area contributed by atoms with Crippen LogP contribution < -0.4 is 5.32 Å². The third kappa shape index (κ3) is 1.50. The summed E-state index contributed by atoms with van der Waals surface area (Å²) < 4.78 is 0. The Morgan fingerprint density at radius 3 is 3.00 bits per heavy atom. The van der Waals surface area contributed by atoms with Gasteiger partial charge in [0.05, 0.1) is 0 Å². The molecule has 0 unspecified atom stereocenters. The van der Waals surface area contributed by atoms with E-state index < -0.39 is 0 Å². The van der Waals surface area contributed by atoms with Gasteiger partial charge >= 0.3 is 0 Å². The van der Waals surface area contributed by atoms with E-state index in [1.165, 1.54) is 24.0 Å². The summed E-state index contributed by atoms with van der Waals surface area (Å²) >= 11 is 0. The van der Waals surface area contributed by atoms with Crippen LogP contribution >= 0.6 is 0 Å².